The predicted molar refractivity (Wildman–Crippen MR) is 112 cm³/mol. The number of nitrogens with one attached hydrogen (secondary N) is 1. The molecule has 6 rings (SSSR count). The minimum absolute atomic E-state index is 0.0252. The maximum absolute atomic E-state index is 13.2. The van der Waals surface area contributed by atoms with Gasteiger partial charge < -0.3 is 15.0 Å². The summed E-state index contributed by atoms with van der Waals surface area (Å²) in [6, 6.07) is 7.42. The van der Waals surface area contributed by atoms with Crippen molar-refractivity contribution in [3.05, 3.63) is 29.8 Å². The van der Waals surface area contributed by atoms with Crippen LogP contribution in [0, 0.1) is 23.2 Å². The summed E-state index contributed by atoms with van der Waals surface area (Å²) < 4.78 is 5.52. The molecule has 1 aromatic rings. The number of nitrogens with zero attached hydrogens (tertiary/aromatic N) is 1. The van der Waals surface area contributed by atoms with E-state index in [9.17, 15) is 9.59 Å². The number of hydrogen-bond donors (Lipinski definition) is 1. The normalized spacial score (nSPS) is 34.8. The van der Waals surface area contributed by atoms with Gasteiger partial charge in [0.05, 0.1) is 24.2 Å². The van der Waals surface area contributed by atoms with Gasteiger partial charge in [0.25, 0.3) is 5.91 Å². The Morgan fingerprint density at radius 1 is 1.00 bits per heavy atom. The maximum Gasteiger partial charge on any atom is 0.254 e. The molecule has 5 nitrogen and oxygen atoms in total. The van der Waals surface area contributed by atoms with E-state index in [4.69, 9.17) is 4.74 Å². The lowest BCUT2D eigenvalue weighted by molar-refractivity contribution is -0.140. The van der Waals surface area contributed by atoms with Crippen molar-refractivity contribution in [3.63, 3.8) is 0 Å². The zero-order chi connectivity index (χ0) is 20.2. The van der Waals surface area contributed by atoms with E-state index in [0.29, 0.717) is 25.3 Å². The quantitative estimate of drug-likeness (QED) is 0.837. The first-order chi connectivity index (χ1) is 13.8. The molecule has 0 radical (unpaired) electrons. The second kappa shape index (κ2) is 6.83. The van der Waals surface area contributed by atoms with E-state index in [1.54, 1.807) is 0 Å². The second-order valence-corrected chi connectivity index (χ2v) is 10.6. The molecule has 5 fully saturated rings. The zero-order valence-electron chi connectivity index (χ0n) is 17.6. The molecule has 0 spiro atoms. The van der Waals surface area contributed by atoms with E-state index in [1.165, 1.54) is 19.3 Å². The smallest absolute Gasteiger partial charge is 0.254 e. The minimum atomic E-state index is -0.305. The summed E-state index contributed by atoms with van der Waals surface area (Å²) in [5.41, 5.74) is 0.998. The van der Waals surface area contributed by atoms with Gasteiger partial charge in [0.2, 0.25) is 5.91 Å². The minimum Gasteiger partial charge on any atom is -0.377 e. The lowest BCUT2D eigenvalue weighted by Crippen LogP contribution is -2.55. The fourth-order valence-corrected chi connectivity index (χ4v) is 6.74. The molecule has 0 unspecified atom stereocenters. The van der Waals surface area contributed by atoms with Gasteiger partial charge in [-0.15, -0.1) is 0 Å². The number of amides is 2. The first-order valence-electron chi connectivity index (χ1n) is 11.2. The summed E-state index contributed by atoms with van der Waals surface area (Å²) in [5.74, 6) is 2.49. The van der Waals surface area contributed by atoms with Crippen molar-refractivity contribution in [2.24, 2.45) is 23.2 Å². The highest BCUT2D eigenvalue weighted by Crippen LogP contribution is 2.60. The van der Waals surface area contributed by atoms with Gasteiger partial charge in [-0.05, 0) is 94.4 Å². The molecular weight excluding hydrogens is 364 g/mol. The average molecular weight is 397 g/mol. The predicted octanol–water partition coefficient (Wildman–Crippen LogP) is 4.09. The van der Waals surface area contributed by atoms with Crippen molar-refractivity contribution in [1.82, 2.24) is 4.90 Å². The summed E-state index contributed by atoms with van der Waals surface area (Å²) >= 11 is 0. The third-order valence-corrected chi connectivity index (χ3v) is 7.80. The topological polar surface area (TPSA) is 58.6 Å². The largest absolute Gasteiger partial charge is 0.377 e. The van der Waals surface area contributed by atoms with Crippen LogP contribution in [-0.2, 0) is 9.53 Å². The van der Waals surface area contributed by atoms with Crippen LogP contribution in [0.3, 0.4) is 0 Å². The zero-order valence-corrected chi connectivity index (χ0v) is 17.6. The van der Waals surface area contributed by atoms with Crippen molar-refractivity contribution in [2.45, 2.75) is 57.9 Å². The van der Waals surface area contributed by atoms with Crippen LogP contribution in [-0.4, -0.2) is 42.0 Å². The number of hydrogen-bond acceptors (Lipinski definition) is 3. The molecule has 156 valence electrons. The lowest BCUT2D eigenvalue weighted by atomic mass is 9.49. The van der Waals surface area contributed by atoms with Gasteiger partial charge in [0.15, 0.2) is 0 Å². The molecule has 1 heterocycles. The number of benzene rings is 1. The molecule has 5 heteroatoms. The van der Waals surface area contributed by atoms with Crippen LogP contribution in [0.2, 0.25) is 0 Å². The van der Waals surface area contributed by atoms with Gasteiger partial charge in [-0.2, -0.15) is 0 Å². The molecule has 1 N–H and O–H groups in total. The summed E-state index contributed by atoms with van der Waals surface area (Å²) in [6.45, 7) is 5.80. The number of rotatable bonds is 3. The first-order valence-corrected chi connectivity index (χ1v) is 11.2. The monoisotopic (exact) mass is 396 g/mol. The lowest BCUT2D eigenvalue weighted by Gasteiger charge is -2.55. The van der Waals surface area contributed by atoms with Crippen LogP contribution in [0.25, 0.3) is 0 Å². The SMILES string of the molecule is CC1(C)COCCN1C(=O)c1ccc(NC(=O)C23CC4CC(CC(C4)C2)C3)cc1. The van der Waals surface area contributed by atoms with Crippen molar-refractivity contribution >= 4 is 17.5 Å². The van der Waals surface area contributed by atoms with Gasteiger partial charge in [-0.1, -0.05) is 0 Å². The molecule has 2 amide bonds. The Morgan fingerprint density at radius 2 is 1.59 bits per heavy atom. The number of ether oxygens (including phenoxy) is 1. The van der Waals surface area contributed by atoms with Crippen LogP contribution in [0.5, 0.6) is 0 Å². The second-order valence-electron chi connectivity index (χ2n) is 10.6. The molecule has 4 aliphatic carbocycles. The standard InChI is InChI=1S/C24H32N2O3/c1-23(2)15-29-8-7-26(23)21(27)19-3-5-20(6-4-19)25-22(28)24-12-16-9-17(13-24)11-18(10-16)14-24/h3-6,16-18H,7-15H2,1-2H3,(H,25,28). The number of carbonyl (C=O) groups is 2. The third kappa shape index (κ3) is 3.37. The van der Waals surface area contributed by atoms with Crippen molar-refractivity contribution in [1.29, 1.82) is 0 Å². The van der Waals surface area contributed by atoms with Crippen molar-refractivity contribution in [3.8, 4) is 0 Å². The van der Waals surface area contributed by atoms with Crippen molar-refractivity contribution < 1.29 is 14.3 Å². The Balaban J connectivity index is 1.27. The molecule has 1 aliphatic heterocycles. The Kier molecular flexibility index (Phi) is 4.50. The van der Waals surface area contributed by atoms with Gasteiger partial charge in [-0.25, -0.2) is 0 Å². The molecule has 29 heavy (non-hydrogen) atoms. The fourth-order valence-electron chi connectivity index (χ4n) is 6.74. The Morgan fingerprint density at radius 3 is 2.14 bits per heavy atom. The van der Waals surface area contributed by atoms with Gasteiger partial charge in [0.1, 0.15) is 0 Å². The number of anilines is 1. The van der Waals surface area contributed by atoms with E-state index >= 15 is 0 Å². The van der Waals surface area contributed by atoms with Gasteiger partial charge in [-0.3, -0.25) is 9.59 Å². The third-order valence-electron chi connectivity index (χ3n) is 7.80. The van der Waals surface area contributed by atoms with Crippen LogP contribution in [0.1, 0.15) is 62.7 Å². The first kappa shape index (κ1) is 19.1. The van der Waals surface area contributed by atoms with Crippen LogP contribution < -0.4 is 5.32 Å². The molecular formula is C24H32N2O3. The summed E-state index contributed by atoms with van der Waals surface area (Å²) in [5, 5.41) is 3.18. The Labute approximate surface area is 173 Å². The van der Waals surface area contributed by atoms with E-state index in [2.05, 4.69) is 5.32 Å². The Hall–Kier alpha value is -1.88. The highest BCUT2D eigenvalue weighted by atomic mass is 16.5. The highest BCUT2D eigenvalue weighted by Gasteiger charge is 2.54. The van der Waals surface area contributed by atoms with Crippen molar-refractivity contribution in [2.75, 3.05) is 25.1 Å². The van der Waals surface area contributed by atoms with E-state index in [0.717, 1.165) is 42.7 Å². The molecule has 5 aliphatic rings. The van der Waals surface area contributed by atoms with E-state index in [1.807, 2.05) is 43.0 Å². The summed E-state index contributed by atoms with van der Waals surface area (Å²) in [6.07, 6.45) is 7.19. The number of carbonyl (C=O) groups excluding carboxylic acids is 2. The molecule has 0 atom stereocenters. The molecule has 1 saturated heterocycles. The number of morpholine rings is 1. The van der Waals surface area contributed by atoms with Crippen LogP contribution in [0.4, 0.5) is 5.69 Å². The van der Waals surface area contributed by atoms with Gasteiger partial charge >= 0.3 is 0 Å². The molecule has 1 aromatic carbocycles. The summed E-state index contributed by atoms with van der Waals surface area (Å²) in [7, 11) is 0. The van der Waals surface area contributed by atoms with Crippen LogP contribution >= 0.6 is 0 Å². The molecule has 0 aromatic heterocycles. The summed E-state index contributed by atoms with van der Waals surface area (Å²) in [4.78, 5) is 28.1. The average Bonchev–Trinajstić information content (AvgIpc) is 2.67. The van der Waals surface area contributed by atoms with Gasteiger partial charge in [0, 0.05) is 17.8 Å². The maximum atomic E-state index is 13.2. The Bertz CT molecular complexity index is 779. The molecule has 4 bridgehead atoms. The highest BCUT2D eigenvalue weighted by molar-refractivity contribution is 5.98. The fraction of sp³-hybridized carbons (Fsp3) is 0.667. The van der Waals surface area contributed by atoms with Crippen LogP contribution in [0.15, 0.2) is 24.3 Å². The van der Waals surface area contributed by atoms with E-state index in [-0.39, 0.29) is 22.8 Å². The van der Waals surface area contributed by atoms with E-state index < -0.39 is 0 Å². The molecule has 4 saturated carbocycles.